The maximum Gasteiger partial charge on any atom is 0.260 e. The van der Waals surface area contributed by atoms with Gasteiger partial charge in [-0.25, -0.2) is 13.4 Å². The van der Waals surface area contributed by atoms with Crippen LogP contribution >= 0.6 is 35.3 Å². The number of benzene rings is 3. The Labute approximate surface area is 244 Å². The number of anilines is 1. The molecule has 0 saturated carbocycles. The van der Waals surface area contributed by atoms with Crippen molar-refractivity contribution in [2.24, 2.45) is 0 Å². The van der Waals surface area contributed by atoms with E-state index in [1.54, 1.807) is 23.1 Å². The summed E-state index contributed by atoms with van der Waals surface area (Å²) in [4.78, 5) is 22.3. The number of carbonyl (C=O) groups is 1. The van der Waals surface area contributed by atoms with Crippen molar-refractivity contribution in [1.82, 2.24) is 14.2 Å². The van der Waals surface area contributed by atoms with E-state index in [1.807, 2.05) is 50.5 Å². The first-order valence-corrected chi connectivity index (χ1v) is 15.1. The monoisotopic (exact) mass is 604 g/mol. The number of fused-ring (bicyclic) bond motifs is 2. The van der Waals surface area contributed by atoms with Gasteiger partial charge in [-0.15, -0.1) is 12.4 Å². The second-order valence-corrected chi connectivity index (χ2v) is 13.0. The van der Waals surface area contributed by atoms with E-state index in [9.17, 15) is 13.2 Å². The van der Waals surface area contributed by atoms with E-state index in [1.165, 1.54) is 33.3 Å². The molecule has 2 heterocycles. The fraction of sp³-hybridized carbons (Fsp3) is 0.286. The minimum Gasteiger partial charge on any atom is -0.309 e. The van der Waals surface area contributed by atoms with Gasteiger partial charge in [0.15, 0.2) is 5.13 Å². The number of aromatic nitrogens is 1. The quantitative estimate of drug-likeness (QED) is 0.257. The van der Waals surface area contributed by atoms with Crippen LogP contribution in [0, 0.1) is 0 Å². The lowest BCUT2D eigenvalue weighted by atomic mass is 10.0. The van der Waals surface area contributed by atoms with Crippen LogP contribution in [0.15, 0.2) is 71.6 Å². The molecule has 0 saturated heterocycles. The number of hydrogen-bond donors (Lipinski definition) is 0. The molecule has 1 aliphatic heterocycles. The van der Waals surface area contributed by atoms with Gasteiger partial charge in [0.05, 0.1) is 15.1 Å². The summed E-state index contributed by atoms with van der Waals surface area (Å²) in [6.45, 7) is 2.08. The van der Waals surface area contributed by atoms with Crippen LogP contribution in [0.2, 0.25) is 5.02 Å². The van der Waals surface area contributed by atoms with Crippen molar-refractivity contribution >= 4 is 66.6 Å². The lowest BCUT2D eigenvalue weighted by Gasteiger charge is -2.28. The molecule has 39 heavy (non-hydrogen) atoms. The zero-order valence-electron chi connectivity index (χ0n) is 21.7. The minimum absolute atomic E-state index is 0. The predicted octanol–water partition coefficient (Wildman–Crippen LogP) is 5.72. The first-order chi connectivity index (χ1) is 18.2. The second kappa shape index (κ2) is 12.3. The van der Waals surface area contributed by atoms with E-state index in [0.717, 1.165) is 28.7 Å². The van der Waals surface area contributed by atoms with Gasteiger partial charge in [0.2, 0.25) is 10.0 Å². The van der Waals surface area contributed by atoms with Crippen LogP contribution < -0.4 is 4.90 Å². The Kier molecular flexibility index (Phi) is 9.31. The molecule has 206 valence electrons. The maximum atomic E-state index is 13.7. The van der Waals surface area contributed by atoms with Crippen LogP contribution in [0.1, 0.15) is 27.9 Å². The van der Waals surface area contributed by atoms with Gasteiger partial charge in [0.25, 0.3) is 5.91 Å². The van der Waals surface area contributed by atoms with Crippen molar-refractivity contribution in [3.05, 3.63) is 88.4 Å². The van der Waals surface area contributed by atoms with Crippen molar-refractivity contribution in [3.63, 3.8) is 0 Å². The van der Waals surface area contributed by atoms with Gasteiger partial charge < -0.3 is 4.90 Å². The molecular formula is C28H30Cl2N4O3S2. The molecule has 1 aromatic heterocycles. The van der Waals surface area contributed by atoms with Crippen molar-refractivity contribution in [3.8, 4) is 0 Å². The molecule has 0 bridgehead atoms. The summed E-state index contributed by atoms with van der Waals surface area (Å²) in [7, 11) is 0.299. The van der Waals surface area contributed by atoms with Crippen molar-refractivity contribution in [2.75, 3.05) is 38.6 Å². The summed E-state index contributed by atoms with van der Waals surface area (Å²) in [5, 5.41) is 1.21. The maximum absolute atomic E-state index is 13.7. The third-order valence-electron chi connectivity index (χ3n) is 6.64. The average molecular weight is 606 g/mol. The number of sulfonamides is 1. The van der Waals surface area contributed by atoms with Gasteiger partial charge in [0.1, 0.15) is 0 Å². The summed E-state index contributed by atoms with van der Waals surface area (Å²) in [6.07, 6.45) is 1.44. The number of halogens is 2. The van der Waals surface area contributed by atoms with Gasteiger partial charge in [-0.05, 0) is 87.1 Å². The molecular weight excluding hydrogens is 575 g/mol. The van der Waals surface area contributed by atoms with Gasteiger partial charge in [0, 0.05) is 30.2 Å². The molecule has 0 atom stereocenters. The summed E-state index contributed by atoms with van der Waals surface area (Å²) in [6, 6.07) is 19.6. The normalized spacial score (nSPS) is 13.7. The van der Waals surface area contributed by atoms with Gasteiger partial charge in [-0.3, -0.25) is 9.69 Å². The largest absolute Gasteiger partial charge is 0.309 e. The molecule has 7 nitrogen and oxygen atoms in total. The molecule has 0 spiro atoms. The average Bonchev–Trinajstić information content (AvgIpc) is 3.33. The number of thiazole rings is 1. The first kappa shape index (κ1) is 29.5. The van der Waals surface area contributed by atoms with E-state index < -0.39 is 10.0 Å². The highest BCUT2D eigenvalue weighted by Crippen LogP contribution is 2.32. The highest BCUT2D eigenvalue weighted by Gasteiger charge is 2.29. The predicted molar refractivity (Wildman–Crippen MR) is 161 cm³/mol. The molecule has 1 aliphatic rings. The summed E-state index contributed by atoms with van der Waals surface area (Å²) in [5.41, 5.74) is 3.41. The number of carbonyl (C=O) groups excluding carboxylic acids is 1. The number of nitrogens with zero attached hydrogens (tertiary/aromatic N) is 4. The lowest BCUT2D eigenvalue weighted by molar-refractivity contribution is 0.0986. The lowest BCUT2D eigenvalue weighted by Crippen LogP contribution is -2.36. The van der Waals surface area contributed by atoms with E-state index in [-0.39, 0.29) is 23.2 Å². The fourth-order valence-corrected chi connectivity index (χ4v) is 7.27. The Morgan fingerprint density at radius 1 is 1.03 bits per heavy atom. The van der Waals surface area contributed by atoms with Gasteiger partial charge >= 0.3 is 0 Å². The molecule has 0 aliphatic carbocycles. The van der Waals surface area contributed by atoms with E-state index in [4.69, 9.17) is 11.6 Å². The van der Waals surface area contributed by atoms with Crippen molar-refractivity contribution in [1.29, 1.82) is 0 Å². The Morgan fingerprint density at radius 3 is 2.46 bits per heavy atom. The summed E-state index contributed by atoms with van der Waals surface area (Å²) < 4.78 is 29.2. The number of amides is 1. The molecule has 5 rings (SSSR count). The molecule has 11 heteroatoms. The van der Waals surface area contributed by atoms with Crippen LogP contribution in [-0.2, 0) is 23.0 Å². The smallest absolute Gasteiger partial charge is 0.260 e. The Hall–Kier alpha value is -2.53. The third-order valence-corrected chi connectivity index (χ3v) is 9.77. The zero-order chi connectivity index (χ0) is 26.9. The van der Waals surface area contributed by atoms with Crippen molar-refractivity contribution < 1.29 is 13.2 Å². The molecule has 0 fully saturated rings. The van der Waals surface area contributed by atoms with E-state index in [2.05, 4.69) is 9.88 Å². The molecule has 4 aromatic rings. The fourth-order valence-electron chi connectivity index (χ4n) is 4.58. The topological polar surface area (TPSA) is 73.8 Å². The molecule has 0 N–H and O–H groups in total. The second-order valence-electron chi connectivity index (χ2n) is 9.60. The van der Waals surface area contributed by atoms with Crippen LogP contribution in [0.25, 0.3) is 10.2 Å². The molecule has 0 radical (unpaired) electrons. The van der Waals surface area contributed by atoms with Crippen LogP contribution in [0.3, 0.4) is 0 Å². The highest BCUT2D eigenvalue weighted by molar-refractivity contribution is 7.89. The van der Waals surface area contributed by atoms with Crippen LogP contribution in [0.5, 0.6) is 0 Å². The number of rotatable bonds is 8. The number of hydrogen-bond acceptors (Lipinski definition) is 6. The van der Waals surface area contributed by atoms with Gasteiger partial charge in [-0.1, -0.05) is 47.2 Å². The Morgan fingerprint density at radius 2 is 1.74 bits per heavy atom. The Bertz CT molecular complexity index is 1570. The van der Waals surface area contributed by atoms with Crippen LogP contribution in [0.4, 0.5) is 5.13 Å². The van der Waals surface area contributed by atoms with Crippen molar-refractivity contribution in [2.45, 2.75) is 24.3 Å². The van der Waals surface area contributed by atoms with E-state index >= 15 is 0 Å². The Balaban J connectivity index is 0.00000353. The zero-order valence-corrected chi connectivity index (χ0v) is 24.9. The third kappa shape index (κ3) is 6.45. The molecule has 0 unspecified atom stereocenters. The highest BCUT2D eigenvalue weighted by atomic mass is 35.5. The van der Waals surface area contributed by atoms with E-state index in [0.29, 0.717) is 41.8 Å². The standard InChI is InChI=1S/C28H29ClN4O3S2.ClH/c1-31(2)15-5-16-33(28-30-25-13-10-23(29)18-26(25)37-28)27(34)21-8-11-24(12-9-21)38(35,36)32-17-14-20-6-3-4-7-22(20)19-32;/h3-4,6-13,18H,5,14-17,19H2,1-2H3;1H. The van der Waals surface area contributed by atoms with Crippen LogP contribution in [-0.4, -0.2) is 62.2 Å². The SMILES string of the molecule is CN(C)CCCN(C(=O)c1ccc(S(=O)(=O)N2CCc3ccccc3C2)cc1)c1nc2ccc(Cl)cc2s1.Cl. The first-order valence-electron chi connectivity index (χ1n) is 12.4. The summed E-state index contributed by atoms with van der Waals surface area (Å²) in [5.74, 6) is -0.218. The summed E-state index contributed by atoms with van der Waals surface area (Å²) >= 11 is 7.57. The molecule has 1 amide bonds. The minimum atomic E-state index is -3.68. The molecule has 3 aromatic carbocycles. The van der Waals surface area contributed by atoms with Gasteiger partial charge in [-0.2, -0.15) is 4.31 Å².